The number of nitro benzene ring substituents is 2. The molecule has 2 aromatic carbocycles. The lowest BCUT2D eigenvalue weighted by Crippen LogP contribution is -2.17. The van der Waals surface area contributed by atoms with Gasteiger partial charge in [-0.2, -0.15) is 5.10 Å². The van der Waals surface area contributed by atoms with Crippen molar-refractivity contribution >= 4 is 23.5 Å². The molecule has 11 nitrogen and oxygen atoms in total. The molecule has 0 heterocycles. The molecule has 140 valence electrons. The number of benzene rings is 2. The molecule has 0 aliphatic heterocycles. The van der Waals surface area contributed by atoms with E-state index in [2.05, 4.69) is 10.5 Å². The summed E-state index contributed by atoms with van der Waals surface area (Å²) in [6.45, 7) is 0. The molecule has 0 fully saturated rings. The van der Waals surface area contributed by atoms with Crippen molar-refractivity contribution in [2.75, 3.05) is 14.2 Å². The number of nitrogens with one attached hydrogen (secondary N) is 1. The van der Waals surface area contributed by atoms with E-state index >= 15 is 0 Å². The third-order valence-corrected chi connectivity index (χ3v) is 3.38. The highest BCUT2D eigenvalue weighted by Crippen LogP contribution is 2.37. The van der Waals surface area contributed by atoms with Crippen molar-refractivity contribution < 1.29 is 24.1 Å². The van der Waals surface area contributed by atoms with Crippen LogP contribution < -0.4 is 14.9 Å². The molecule has 1 amide bonds. The van der Waals surface area contributed by atoms with Gasteiger partial charge in [0, 0.05) is 29.3 Å². The maximum Gasteiger partial charge on any atom is 0.315 e. The van der Waals surface area contributed by atoms with Crippen molar-refractivity contribution in [2.45, 2.75) is 0 Å². The molecule has 0 spiro atoms. The van der Waals surface area contributed by atoms with Crippen LogP contribution in [0.1, 0.15) is 15.9 Å². The summed E-state index contributed by atoms with van der Waals surface area (Å²) in [6.07, 6.45) is 1.17. The van der Waals surface area contributed by atoms with Gasteiger partial charge in [-0.3, -0.25) is 25.0 Å². The third-order valence-electron chi connectivity index (χ3n) is 3.38. The molecule has 0 radical (unpaired) electrons. The Morgan fingerprint density at radius 1 is 1.11 bits per heavy atom. The maximum atomic E-state index is 12.0. The fraction of sp³-hybridized carbons (Fsp3) is 0.125. The van der Waals surface area contributed by atoms with Crippen molar-refractivity contribution in [2.24, 2.45) is 5.10 Å². The van der Waals surface area contributed by atoms with Crippen LogP contribution in [0.5, 0.6) is 11.5 Å². The number of ether oxygens (including phenoxy) is 2. The van der Waals surface area contributed by atoms with Crippen LogP contribution in [0, 0.1) is 20.2 Å². The number of carbonyl (C=O) groups is 1. The van der Waals surface area contributed by atoms with Crippen molar-refractivity contribution in [1.29, 1.82) is 0 Å². The normalized spacial score (nSPS) is 10.4. The van der Waals surface area contributed by atoms with E-state index < -0.39 is 15.8 Å². The fourth-order valence-corrected chi connectivity index (χ4v) is 2.17. The Kier molecular flexibility index (Phi) is 5.99. The Morgan fingerprint density at radius 3 is 2.44 bits per heavy atom. The Bertz CT molecular complexity index is 927. The Hall–Kier alpha value is -4.02. The number of carbonyl (C=O) groups excluding carboxylic acids is 1. The zero-order valence-corrected chi connectivity index (χ0v) is 14.2. The number of rotatable bonds is 7. The quantitative estimate of drug-likeness (QED) is 0.444. The molecule has 0 atom stereocenters. The minimum absolute atomic E-state index is 0.0413. The molecule has 2 aromatic rings. The average molecular weight is 374 g/mol. The first kappa shape index (κ1) is 19.3. The summed E-state index contributed by atoms with van der Waals surface area (Å²) in [6, 6.07) is 7.75. The second-order valence-electron chi connectivity index (χ2n) is 5.04. The number of hydrazone groups is 1. The maximum absolute atomic E-state index is 12.0. The highest BCUT2D eigenvalue weighted by atomic mass is 16.6. The van der Waals surface area contributed by atoms with Crippen molar-refractivity contribution in [1.82, 2.24) is 5.43 Å². The number of hydrogen-bond donors (Lipinski definition) is 1. The largest absolute Gasteiger partial charge is 0.493 e. The van der Waals surface area contributed by atoms with Crippen LogP contribution >= 0.6 is 0 Å². The molecule has 0 unspecified atom stereocenters. The second kappa shape index (κ2) is 8.38. The number of nitro groups is 2. The molecule has 0 aliphatic rings. The van der Waals surface area contributed by atoms with Gasteiger partial charge in [0.25, 0.3) is 11.6 Å². The van der Waals surface area contributed by atoms with Crippen LogP contribution in [0.2, 0.25) is 0 Å². The van der Waals surface area contributed by atoms with Gasteiger partial charge in [-0.25, -0.2) is 5.43 Å². The van der Waals surface area contributed by atoms with E-state index in [0.717, 1.165) is 6.07 Å². The molecule has 1 N–H and O–H groups in total. The monoisotopic (exact) mass is 374 g/mol. The van der Waals surface area contributed by atoms with Crippen LogP contribution in [0.15, 0.2) is 41.5 Å². The molecule has 11 heteroatoms. The Labute approximate surface area is 152 Å². The topological polar surface area (TPSA) is 146 Å². The van der Waals surface area contributed by atoms with Gasteiger partial charge >= 0.3 is 5.69 Å². The Morgan fingerprint density at radius 2 is 1.85 bits per heavy atom. The summed E-state index contributed by atoms with van der Waals surface area (Å²) in [5, 5.41) is 25.6. The summed E-state index contributed by atoms with van der Waals surface area (Å²) < 4.78 is 10.0. The van der Waals surface area contributed by atoms with Crippen LogP contribution in [-0.4, -0.2) is 36.2 Å². The summed E-state index contributed by atoms with van der Waals surface area (Å²) in [4.78, 5) is 32.6. The smallest absolute Gasteiger partial charge is 0.315 e. The molecule has 0 aliphatic carbocycles. The lowest BCUT2D eigenvalue weighted by molar-refractivity contribution is -0.385. The van der Waals surface area contributed by atoms with Gasteiger partial charge < -0.3 is 9.47 Å². The van der Waals surface area contributed by atoms with Crippen molar-refractivity contribution in [3.8, 4) is 11.5 Å². The van der Waals surface area contributed by atoms with E-state index in [1.165, 1.54) is 50.8 Å². The first-order valence-corrected chi connectivity index (χ1v) is 7.35. The molecule has 0 bridgehead atoms. The van der Waals surface area contributed by atoms with Gasteiger partial charge in [-0.05, 0) is 12.1 Å². The van der Waals surface area contributed by atoms with Crippen molar-refractivity contribution in [3.63, 3.8) is 0 Å². The predicted octanol–water partition coefficient (Wildman–Crippen LogP) is 2.28. The first-order valence-electron chi connectivity index (χ1n) is 7.35. The minimum atomic E-state index is -0.676. The van der Waals surface area contributed by atoms with Gasteiger partial charge in [0.15, 0.2) is 5.75 Å². The number of amides is 1. The molecule has 0 saturated heterocycles. The Balaban J connectivity index is 2.22. The standard InChI is InChI=1S/C16H14N4O7/c1-26-14-7-10(6-13(20(24)25)15(14)27-2)9-17-18-16(21)11-4-3-5-12(8-11)19(22)23/h3-9H,1-2H3,(H,18,21)/b17-9+. The van der Waals surface area contributed by atoms with Crippen LogP contribution in [0.25, 0.3) is 0 Å². The lowest BCUT2D eigenvalue weighted by Gasteiger charge is -2.08. The third kappa shape index (κ3) is 4.54. The van der Waals surface area contributed by atoms with Gasteiger partial charge in [0.2, 0.25) is 5.75 Å². The SMILES string of the molecule is COc1cc(/C=N/NC(=O)c2cccc([N+](=O)[O-])c2)cc([N+](=O)[O-])c1OC. The number of hydrogen-bond acceptors (Lipinski definition) is 8. The van der Waals surface area contributed by atoms with E-state index in [1.54, 1.807) is 0 Å². The fourth-order valence-electron chi connectivity index (χ4n) is 2.17. The van der Waals surface area contributed by atoms with Gasteiger partial charge in [0.1, 0.15) is 0 Å². The molecule has 2 rings (SSSR count). The van der Waals surface area contributed by atoms with Crippen LogP contribution in [0.3, 0.4) is 0 Å². The first-order chi connectivity index (χ1) is 12.9. The zero-order chi connectivity index (χ0) is 20.0. The van der Waals surface area contributed by atoms with Gasteiger partial charge in [-0.1, -0.05) is 6.07 Å². The van der Waals surface area contributed by atoms with Crippen LogP contribution in [-0.2, 0) is 0 Å². The second-order valence-corrected chi connectivity index (χ2v) is 5.04. The van der Waals surface area contributed by atoms with Crippen LogP contribution in [0.4, 0.5) is 11.4 Å². The summed E-state index contributed by atoms with van der Waals surface area (Å²) >= 11 is 0. The molecular formula is C16H14N4O7. The van der Waals surface area contributed by atoms with Gasteiger partial charge in [-0.15, -0.1) is 0 Å². The average Bonchev–Trinajstić information content (AvgIpc) is 2.66. The van der Waals surface area contributed by atoms with E-state index in [-0.39, 0.29) is 34.0 Å². The predicted molar refractivity (Wildman–Crippen MR) is 94.4 cm³/mol. The summed E-state index contributed by atoms with van der Waals surface area (Å²) in [5.74, 6) is -0.594. The van der Waals surface area contributed by atoms with E-state index in [4.69, 9.17) is 9.47 Å². The van der Waals surface area contributed by atoms with Gasteiger partial charge in [0.05, 0.1) is 30.3 Å². The van der Waals surface area contributed by atoms with E-state index in [9.17, 15) is 25.0 Å². The summed E-state index contributed by atoms with van der Waals surface area (Å²) in [5.41, 5.74) is 1.95. The lowest BCUT2D eigenvalue weighted by atomic mass is 10.2. The highest BCUT2D eigenvalue weighted by Gasteiger charge is 2.21. The van der Waals surface area contributed by atoms with E-state index in [0.29, 0.717) is 0 Å². The molecule has 0 saturated carbocycles. The highest BCUT2D eigenvalue weighted by molar-refractivity contribution is 5.95. The van der Waals surface area contributed by atoms with E-state index in [1.807, 2.05) is 0 Å². The number of methoxy groups -OCH3 is 2. The van der Waals surface area contributed by atoms with Crippen molar-refractivity contribution in [3.05, 3.63) is 67.8 Å². The summed E-state index contributed by atoms with van der Waals surface area (Å²) in [7, 11) is 2.60. The molecule has 0 aromatic heterocycles. The minimum Gasteiger partial charge on any atom is -0.493 e. The molecule has 27 heavy (non-hydrogen) atoms. The zero-order valence-electron chi connectivity index (χ0n) is 14.2. The number of nitrogens with zero attached hydrogens (tertiary/aromatic N) is 3. The number of non-ortho nitro benzene ring substituents is 1. The molecular weight excluding hydrogens is 360 g/mol.